The number of nitrogens with one attached hydrogen (secondary N) is 1. The number of amidine groups is 1. The van der Waals surface area contributed by atoms with E-state index in [1.54, 1.807) is 11.8 Å². The average Bonchev–Trinajstić information content (AvgIpc) is 2.74. The molecule has 0 radical (unpaired) electrons. The second kappa shape index (κ2) is 5.57. The van der Waals surface area contributed by atoms with Crippen LogP contribution >= 0.6 is 27.7 Å². The summed E-state index contributed by atoms with van der Waals surface area (Å²) in [6.45, 7) is 4.96. The molecule has 0 saturated heterocycles. The molecule has 1 aliphatic rings. The summed E-state index contributed by atoms with van der Waals surface area (Å²) >= 11 is 4.51. The van der Waals surface area contributed by atoms with E-state index in [1.165, 1.54) is 0 Å². The van der Waals surface area contributed by atoms with Crippen LogP contribution in [0, 0.1) is 17.6 Å². The number of benzene rings is 1. The van der Waals surface area contributed by atoms with Crippen molar-refractivity contribution in [3.05, 3.63) is 28.2 Å². The molecule has 2 rings (SSSR count). The summed E-state index contributed by atoms with van der Waals surface area (Å²) in [5.74, 6) is -0.493. The normalized spacial score (nSPS) is 19.2. The van der Waals surface area contributed by atoms with Crippen molar-refractivity contribution in [3.8, 4) is 0 Å². The van der Waals surface area contributed by atoms with Crippen molar-refractivity contribution in [1.82, 2.24) is 0 Å². The molecule has 1 heterocycles. The maximum Gasteiger partial charge on any atom is 0.161 e. The van der Waals surface area contributed by atoms with Crippen molar-refractivity contribution >= 4 is 38.5 Å². The molecule has 1 aromatic rings. The molecule has 1 unspecified atom stereocenters. The zero-order chi connectivity index (χ0) is 13.3. The van der Waals surface area contributed by atoms with Gasteiger partial charge in [0.15, 0.2) is 5.17 Å². The molecule has 18 heavy (non-hydrogen) atoms. The highest BCUT2D eigenvalue weighted by Gasteiger charge is 2.23. The first kappa shape index (κ1) is 13.8. The third kappa shape index (κ3) is 3.03. The minimum atomic E-state index is -0.500. The summed E-state index contributed by atoms with van der Waals surface area (Å²) in [4.78, 5) is 4.29. The Kier molecular flexibility index (Phi) is 4.27. The first-order valence-corrected chi connectivity index (χ1v) is 7.27. The van der Waals surface area contributed by atoms with Crippen LogP contribution in [0.3, 0.4) is 0 Å². The average molecular weight is 335 g/mol. The summed E-state index contributed by atoms with van der Waals surface area (Å²) < 4.78 is 27.1. The van der Waals surface area contributed by atoms with Crippen LogP contribution in [0.25, 0.3) is 0 Å². The summed E-state index contributed by atoms with van der Waals surface area (Å²) in [5, 5.41) is 3.89. The lowest BCUT2D eigenvalue weighted by Gasteiger charge is -2.12. The van der Waals surface area contributed by atoms with Gasteiger partial charge in [0, 0.05) is 11.3 Å². The molecule has 6 heteroatoms. The van der Waals surface area contributed by atoms with E-state index >= 15 is 0 Å². The van der Waals surface area contributed by atoms with Crippen LogP contribution < -0.4 is 5.32 Å². The second-order valence-electron chi connectivity index (χ2n) is 4.42. The molecule has 98 valence electrons. The fraction of sp³-hybridized carbons (Fsp3) is 0.417. The molecule has 2 nitrogen and oxygen atoms in total. The van der Waals surface area contributed by atoms with Crippen molar-refractivity contribution in [3.63, 3.8) is 0 Å². The Morgan fingerprint density at radius 1 is 1.39 bits per heavy atom. The smallest absolute Gasteiger partial charge is 0.161 e. The van der Waals surface area contributed by atoms with E-state index in [-0.39, 0.29) is 10.2 Å². The molecule has 0 aliphatic carbocycles. The van der Waals surface area contributed by atoms with Gasteiger partial charge in [-0.1, -0.05) is 25.6 Å². The molecular weight excluding hydrogens is 322 g/mol. The number of aliphatic imine (C=N–C) groups is 1. The van der Waals surface area contributed by atoms with E-state index in [1.807, 2.05) is 0 Å². The number of thioether (sulfide) groups is 1. The number of rotatable bonds is 2. The largest absolute Gasteiger partial charge is 0.332 e. The summed E-state index contributed by atoms with van der Waals surface area (Å²) in [6, 6.07) is 2.24. The van der Waals surface area contributed by atoms with Gasteiger partial charge in [0.2, 0.25) is 0 Å². The third-order valence-electron chi connectivity index (χ3n) is 2.67. The summed E-state index contributed by atoms with van der Waals surface area (Å²) in [5.41, 5.74) is 0.117. The highest BCUT2D eigenvalue weighted by atomic mass is 79.9. The van der Waals surface area contributed by atoms with Crippen LogP contribution in [0.5, 0.6) is 0 Å². The van der Waals surface area contributed by atoms with Gasteiger partial charge >= 0.3 is 0 Å². The highest BCUT2D eigenvalue weighted by Crippen LogP contribution is 2.29. The van der Waals surface area contributed by atoms with Gasteiger partial charge in [-0.3, -0.25) is 4.99 Å². The number of anilines is 1. The van der Waals surface area contributed by atoms with Crippen LogP contribution in [0.4, 0.5) is 14.5 Å². The van der Waals surface area contributed by atoms with Gasteiger partial charge in [-0.15, -0.1) is 0 Å². The lowest BCUT2D eigenvalue weighted by molar-refractivity contribution is 0.598. The van der Waals surface area contributed by atoms with Gasteiger partial charge in [-0.2, -0.15) is 0 Å². The predicted molar refractivity (Wildman–Crippen MR) is 76.2 cm³/mol. The van der Waals surface area contributed by atoms with E-state index in [4.69, 9.17) is 0 Å². The third-order valence-corrected chi connectivity index (χ3v) is 4.73. The molecule has 0 aromatic heterocycles. The van der Waals surface area contributed by atoms with Crippen molar-refractivity contribution in [2.24, 2.45) is 10.9 Å². The van der Waals surface area contributed by atoms with Crippen molar-refractivity contribution in [2.75, 3.05) is 11.9 Å². The Balaban J connectivity index is 2.09. The van der Waals surface area contributed by atoms with Gasteiger partial charge in [0.1, 0.15) is 11.6 Å². The van der Waals surface area contributed by atoms with Gasteiger partial charge < -0.3 is 5.32 Å². The fourth-order valence-corrected chi connectivity index (χ4v) is 2.88. The Morgan fingerprint density at radius 2 is 2.11 bits per heavy atom. The number of nitrogens with zero attached hydrogens (tertiary/aromatic N) is 1. The quantitative estimate of drug-likeness (QED) is 0.817. The topological polar surface area (TPSA) is 24.4 Å². The van der Waals surface area contributed by atoms with E-state index in [2.05, 4.69) is 40.1 Å². The van der Waals surface area contributed by atoms with Gasteiger partial charge in [-0.05, 0) is 27.9 Å². The predicted octanol–water partition coefficient (Wildman–Crippen LogP) is 4.27. The lowest BCUT2D eigenvalue weighted by atomic mass is 10.1. The molecule has 1 aromatic carbocycles. The fourth-order valence-electron chi connectivity index (χ4n) is 1.54. The number of hydrogen-bond donors (Lipinski definition) is 1. The number of hydrogen-bond acceptors (Lipinski definition) is 3. The van der Waals surface area contributed by atoms with Gasteiger partial charge in [0.25, 0.3) is 0 Å². The van der Waals surface area contributed by atoms with Gasteiger partial charge in [0.05, 0.1) is 16.7 Å². The molecular formula is C12H13BrF2N2S. The highest BCUT2D eigenvalue weighted by molar-refractivity contribution is 9.10. The van der Waals surface area contributed by atoms with Crippen LogP contribution in [0.15, 0.2) is 21.6 Å². The first-order chi connectivity index (χ1) is 8.47. The van der Waals surface area contributed by atoms with Crippen LogP contribution in [0.1, 0.15) is 13.8 Å². The SMILES string of the molecule is CC(C)C1CN=C(Nc2cc(F)c(Br)cc2F)S1. The molecule has 0 fully saturated rings. The van der Waals surface area contributed by atoms with Crippen LogP contribution in [0.2, 0.25) is 0 Å². The molecule has 1 N–H and O–H groups in total. The second-order valence-corrected chi connectivity index (χ2v) is 6.50. The molecule has 0 bridgehead atoms. The zero-order valence-electron chi connectivity index (χ0n) is 10.0. The Bertz CT molecular complexity index is 491. The van der Waals surface area contributed by atoms with Crippen LogP contribution in [-0.2, 0) is 0 Å². The van der Waals surface area contributed by atoms with E-state index < -0.39 is 11.6 Å². The molecule has 1 aliphatic heterocycles. The molecule has 1 atom stereocenters. The van der Waals surface area contributed by atoms with Crippen LogP contribution in [-0.4, -0.2) is 17.0 Å². The number of halogens is 3. The Labute approximate surface area is 117 Å². The maximum atomic E-state index is 13.6. The van der Waals surface area contributed by atoms with Crippen molar-refractivity contribution in [2.45, 2.75) is 19.1 Å². The minimum absolute atomic E-state index is 0.117. The van der Waals surface area contributed by atoms with E-state index in [9.17, 15) is 8.78 Å². The van der Waals surface area contributed by atoms with Crippen molar-refractivity contribution in [1.29, 1.82) is 0 Å². The summed E-state index contributed by atoms with van der Waals surface area (Å²) in [7, 11) is 0. The summed E-state index contributed by atoms with van der Waals surface area (Å²) in [6.07, 6.45) is 0. The Hall–Kier alpha value is -0.620. The maximum absolute atomic E-state index is 13.6. The molecule has 0 saturated carbocycles. The monoisotopic (exact) mass is 334 g/mol. The standard InChI is InChI=1S/C12H13BrF2N2S/c1-6(2)11-5-16-12(18-11)17-10-4-8(14)7(13)3-9(10)15/h3-4,6,11H,5H2,1-2H3,(H,16,17). The first-order valence-electron chi connectivity index (χ1n) is 5.60. The van der Waals surface area contributed by atoms with Crippen molar-refractivity contribution < 1.29 is 8.78 Å². The van der Waals surface area contributed by atoms with Gasteiger partial charge in [-0.25, -0.2) is 8.78 Å². The van der Waals surface area contributed by atoms with E-state index in [0.717, 1.165) is 12.1 Å². The van der Waals surface area contributed by atoms with E-state index in [0.29, 0.717) is 22.9 Å². The molecule has 0 spiro atoms. The minimum Gasteiger partial charge on any atom is -0.332 e. The zero-order valence-corrected chi connectivity index (χ0v) is 12.4. The lowest BCUT2D eigenvalue weighted by Crippen LogP contribution is -2.13. The Morgan fingerprint density at radius 3 is 2.72 bits per heavy atom. The molecule has 0 amide bonds.